The molecule has 1 N–H and O–H groups in total. The normalized spacial score (nSPS) is 11.2. The van der Waals surface area contributed by atoms with E-state index in [4.69, 9.17) is 9.15 Å². The molecule has 2 aromatic heterocycles. The first-order valence-corrected chi connectivity index (χ1v) is 11.7. The number of nitrogens with zero attached hydrogens (tertiary/aromatic N) is 3. The molecule has 0 saturated carbocycles. The summed E-state index contributed by atoms with van der Waals surface area (Å²) in [5.74, 6) is 1.61. The molecule has 7 nitrogen and oxygen atoms in total. The van der Waals surface area contributed by atoms with Crippen molar-refractivity contribution < 1.29 is 13.9 Å². The van der Waals surface area contributed by atoms with E-state index in [0.717, 1.165) is 26.2 Å². The number of aromatic amines is 1. The first-order valence-electron chi connectivity index (χ1n) is 10.9. The van der Waals surface area contributed by atoms with Crippen LogP contribution in [0, 0.1) is 0 Å². The van der Waals surface area contributed by atoms with Gasteiger partial charge < -0.3 is 9.15 Å². The minimum Gasteiger partial charge on any atom is -0.484 e. The molecule has 35 heavy (non-hydrogen) atoms. The van der Waals surface area contributed by atoms with E-state index in [0.29, 0.717) is 34.0 Å². The molecule has 170 valence electrons. The molecule has 0 aliphatic carbocycles. The third-order valence-electron chi connectivity index (χ3n) is 5.79. The van der Waals surface area contributed by atoms with Crippen molar-refractivity contribution >= 4 is 43.5 Å². The zero-order valence-electron chi connectivity index (χ0n) is 18.2. The van der Waals surface area contributed by atoms with E-state index in [-0.39, 0.29) is 12.4 Å². The Morgan fingerprint density at radius 3 is 2.60 bits per heavy atom. The van der Waals surface area contributed by atoms with Crippen LogP contribution < -0.4 is 4.74 Å². The van der Waals surface area contributed by atoms with Gasteiger partial charge in [0.2, 0.25) is 5.82 Å². The lowest BCUT2D eigenvalue weighted by atomic mass is 9.96. The maximum atomic E-state index is 13.5. The number of ether oxygens (including phenoxy) is 1. The van der Waals surface area contributed by atoms with E-state index >= 15 is 0 Å². The van der Waals surface area contributed by atoms with E-state index in [2.05, 4.69) is 36.6 Å². The molecule has 6 aromatic rings. The lowest BCUT2D eigenvalue weighted by Gasteiger charge is -2.10. The number of furan rings is 1. The quantitative estimate of drug-likeness (QED) is 0.255. The van der Waals surface area contributed by atoms with Crippen LogP contribution in [0.5, 0.6) is 5.75 Å². The van der Waals surface area contributed by atoms with Crippen molar-refractivity contribution in [3.8, 4) is 17.1 Å². The summed E-state index contributed by atoms with van der Waals surface area (Å²) in [6, 6.07) is 26.7. The summed E-state index contributed by atoms with van der Waals surface area (Å²) in [7, 11) is 0. The number of H-pyrrole nitrogens is 1. The number of carbonyl (C=O) groups is 1. The predicted octanol–water partition coefficient (Wildman–Crippen LogP) is 6.34. The number of halogens is 1. The Morgan fingerprint density at radius 2 is 1.77 bits per heavy atom. The van der Waals surface area contributed by atoms with Crippen LogP contribution in [0.4, 0.5) is 0 Å². The van der Waals surface area contributed by atoms with Crippen LogP contribution in [-0.2, 0) is 6.61 Å². The zero-order chi connectivity index (χ0) is 23.8. The molecular weight excluding hydrogens is 508 g/mol. The highest BCUT2D eigenvalue weighted by atomic mass is 79.9. The summed E-state index contributed by atoms with van der Waals surface area (Å²) in [5.41, 5.74) is 2.67. The zero-order valence-corrected chi connectivity index (χ0v) is 19.8. The Labute approximate surface area is 207 Å². The number of tetrazole rings is 1. The number of nitrogens with one attached hydrogen (secondary N) is 1. The van der Waals surface area contributed by atoms with Gasteiger partial charge in [0.25, 0.3) is 0 Å². The average Bonchev–Trinajstić information content (AvgIpc) is 3.56. The van der Waals surface area contributed by atoms with E-state index in [1.54, 1.807) is 0 Å². The number of carbonyl (C=O) groups excluding carboxylic acids is 1. The van der Waals surface area contributed by atoms with Gasteiger partial charge in [-0.3, -0.25) is 4.79 Å². The van der Waals surface area contributed by atoms with Gasteiger partial charge in [0.1, 0.15) is 17.1 Å². The summed E-state index contributed by atoms with van der Waals surface area (Å²) in [6.45, 7) is 0.197. The maximum absolute atomic E-state index is 13.5. The molecule has 4 aromatic carbocycles. The van der Waals surface area contributed by atoms with Gasteiger partial charge in [0, 0.05) is 16.5 Å². The van der Waals surface area contributed by atoms with Crippen LogP contribution in [0.25, 0.3) is 33.1 Å². The first kappa shape index (κ1) is 21.2. The van der Waals surface area contributed by atoms with E-state index in [9.17, 15) is 4.79 Å². The average molecular weight is 525 g/mol. The van der Waals surface area contributed by atoms with Crippen molar-refractivity contribution in [1.82, 2.24) is 20.6 Å². The number of fused-ring (bicyclic) bond motifs is 2. The molecule has 0 unspecified atom stereocenters. The summed E-state index contributed by atoms with van der Waals surface area (Å²) < 4.78 is 12.9. The Morgan fingerprint density at radius 1 is 0.943 bits per heavy atom. The standard InChI is InChI=1S/C27H17BrN4O3/c28-25-19-12-10-18(14-17(19)11-13-22(25)34-15-23-29-31-32-30-23)27-24(20-8-4-5-9-21(20)35-27)26(33)16-6-2-1-3-7-16/h1-14H,15H2,(H,29,30,31,32). The van der Waals surface area contributed by atoms with E-state index in [1.165, 1.54) is 0 Å². The fourth-order valence-corrected chi connectivity index (χ4v) is 4.73. The topological polar surface area (TPSA) is 93.9 Å². The van der Waals surface area contributed by atoms with Gasteiger partial charge in [0.05, 0.1) is 10.0 Å². The first-order chi connectivity index (χ1) is 17.2. The summed E-state index contributed by atoms with van der Waals surface area (Å²) in [4.78, 5) is 13.5. The van der Waals surface area contributed by atoms with Crippen molar-refractivity contribution in [2.24, 2.45) is 0 Å². The Hall–Kier alpha value is -4.30. The highest BCUT2D eigenvalue weighted by Gasteiger charge is 2.23. The lowest BCUT2D eigenvalue weighted by molar-refractivity contribution is 0.104. The van der Waals surface area contributed by atoms with Crippen LogP contribution in [0.2, 0.25) is 0 Å². The molecule has 0 aliphatic rings. The monoisotopic (exact) mass is 524 g/mol. The second-order valence-electron chi connectivity index (χ2n) is 7.93. The Balaban J connectivity index is 1.43. The number of hydrogen-bond donors (Lipinski definition) is 1. The van der Waals surface area contributed by atoms with Crippen LogP contribution in [0.1, 0.15) is 21.7 Å². The van der Waals surface area contributed by atoms with Crippen LogP contribution >= 0.6 is 15.9 Å². The van der Waals surface area contributed by atoms with Gasteiger partial charge >= 0.3 is 0 Å². The molecule has 0 spiro atoms. The SMILES string of the molecule is O=C(c1ccccc1)c1c(-c2ccc3c(Br)c(OCc4nn[nH]n4)ccc3c2)oc2ccccc12. The Bertz CT molecular complexity index is 1680. The molecule has 0 aliphatic heterocycles. The van der Waals surface area contributed by atoms with Crippen molar-refractivity contribution in [2.45, 2.75) is 6.61 Å². The van der Waals surface area contributed by atoms with Crippen molar-refractivity contribution in [1.29, 1.82) is 0 Å². The third kappa shape index (κ3) is 3.87. The highest BCUT2D eigenvalue weighted by Crippen LogP contribution is 2.39. The summed E-state index contributed by atoms with van der Waals surface area (Å²) in [5, 5.41) is 16.5. The molecule has 0 atom stereocenters. The van der Waals surface area contributed by atoms with Crippen molar-refractivity contribution in [3.05, 3.63) is 106 Å². The summed E-state index contributed by atoms with van der Waals surface area (Å²) in [6.07, 6.45) is 0. The maximum Gasteiger partial charge on any atom is 0.211 e. The Kier molecular flexibility index (Phi) is 5.35. The molecule has 6 rings (SSSR count). The fourth-order valence-electron chi connectivity index (χ4n) is 4.12. The van der Waals surface area contributed by atoms with Gasteiger partial charge in [-0.25, -0.2) is 0 Å². The molecule has 8 heteroatoms. The van der Waals surface area contributed by atoms with Gasteiger partial charge in [-0.2, -0.15) is 5.21 Å². The number of aromatic nitrogens is 4. The number of hydrogen-bond acceptors (Lipinski definition) is 6. The molecule has 0 fully saturated rings. The van der Waals surface area contributed by atoms with Crippen molar-refractivity contribution in [2.75, 3.05) is 0 Å². The number of ketones is 1. The van der Waals surface area contributed by atoms with Crippen LogP contribution in [0.15, 0.2) is 93.8 Å². The smallest absolute Gasteiger partial charge is 0.211 e. The molecule has 0 radical (unpaired) electrons. The molecule has 0 saturated heterocycles. The van der Waals surface area contributed by atoms with Crippen molar-refractivity contribution in [3.63, 3.8) is 0 Å². The van der Waals surface area contributed by atoms with Crippen LogP contribution in [-0.4, -0.2) is 26.4 Å². The number of benzene rings is 4. The third-order valence-corrected chi connectivity index (χ3v) is 6.60. The largest absolute Gasteiger partial charge is 0.484 e. The highest BCUT2D eigenvalue weighted by molar-refractivity contribution is 9.10. The lowest BCUT2D eigenvalue weighted by Crippen LogP contribution is -2.02. The van der Waals surface area contributed by atoms with Gasteiger partial charge in [0.15, 0.2) is 12.4 Å². The second-order valence-corrected chi connectivity index (χ2v) is 8.72. The summed E-state index contributed by atoms with van der Waals surface area (Å²) >= 11 is 3.66. The fraction of sp³-hybridized carbons (Fsp3) is 0.0370. The molecule has 2 heterocycles. The van der Waals surface area contributed by atoms with E-state index < -0.39 is 0 Å². The molecular formula is C27H17BrN4O3. The van der Waals surface area contributed by atoms with E-state index in [1.807, 2.05) is 84.9 Å². The minimum absolute atomic E-state index is 0.0722. The van der Waals surface area contributed by atoms with Gasteiger partial charge in [-0.1, -0.05) is 71.9 Å². The minimum atomic E-state index is -0.0722. The number of rotatable bonds is 6. The second kappa shape index (κ2) is 8.81. The number of para-hydroxylation sites is 1. The molecule has 0 bridgehead atoms. The predicted molar refractivity (Wildman–Crippen MR) is 135 cm³/mol. The van der Waals surface area contributed by atoms with Gasteiger partial charge in [-0.15, -0.1) is 10.2 Å². The van der Waals surface area contributed by atoms with Gasteiger partial charge in [-0.05, 0) is 44.9 Å². The van der Waals surface area contributed by atoms with Crippen LogP contribution in [0.3, 0.4) is 0 Å². The molecule has 0 amide bonds.